The zero-order valence-electron chi connectivity index (χ0n) is 11.4. The number of nitrogens with one attached hydrogen (secondary N) is 1. The number of hydrogen-bond donors (Lipinski definition) is 2. The molecule has 19 heavy (non-hydrogen) atoms. The summed E-state index contributed by atoms with van der Waals surface area (Å²) in [6, 6.07) is 9.67. The van der Waals surface area contributed by atoms with Gasteiger partial charge in [0.25, 0.3) is 0 Å². The van der Waals surface area contributed by atoms with Gasteiger partial charge in [-0.2, -0.15) is 0 Å². The highest BCUT2D eigenvalue weighted by molar-refractivity contribution is 5.86. The number of nitrogens with two attached hydrogens (primary N) is 1. The molecule has 1 aromatic rings. The minimum atomic E-state index is -0.798. The molecule has 1 saturated heterocycles. The molecule has 1 aliphatic heterocycles. The number of amides is 1. The van der Waals surface area contributed by atoms with Gasteiger partial charge in [0, 0.05) is 13.2 Å². The van der Waals surface area contributed by atoms with E-state index in [1.807, 2.05) is 37.3 Å². The van der Waals surface area contributed by atoms with Crippen LogP contribution in [0.2, 0.25) is 0 Å². The van der Waals surface area contributed by atoms with E-state index in [9.17, 15) is 4.79 Å². The minimum absolute atomic E-state index is 0.189. The molecule has 1 amide bonds. The summed E-state index contributed by atoms with van der Waals surface area (Å²) in [5.74, 6) is -0.334. The maximum absolute atomic E-state index is 12.0. The highest BCUT2D eigenvalue weighted by atomic mass is 16.5. The Bertz CT molecular complexity index is 415. The van der Waals surface area contributed by atoms with Crippen LogP contribution in [0.5, 0.6) is 0 Å². The molecule has 4 nitrogen and oxygen atoms in total. The van der Waals surface area contributed by atoms with Crippen LogP contribution in [0, 0.1) is 0 Å². The zero-order chi connectivity index (χ0) is 13.7. The monoisotopic (exact) mass is 262 g/mol. The SMILES string of the molecule is CCC(NCC1CCCO1)(C(N)=O)c1ccccc1. The highest BCUT2D eigenvalue weighted by Crippen LogP contribution is 2.25. The van der Waals surface area contributed by atoms with E-state index in [-0.39, 0.29) is 12.0 Å². The minimum Gasteiger partial charge on any atom is -0.377 e. The normalized spacial score (nSPS) is 22.1. The zero-order valence-corrected chi connectivity index (χ0v) is 11.4. The highest BCUT2D eigenvalue weighted by Gasteiger charge is 2.37. The molecular weight excluding hydrogens is 240 g/mol. The summed E-state index contributed by atoms with van der Waals surface area (Å²) in [6.07, 6.45) is 2.95. The first-order valence-electron chi connectivity index (χ1n) is 6.91. The Labute approximate surface area is 114 Å². The second-order valence-electron chi connectivity index (χ2n) is 5.01. The average Bonchev–Trinajstić information content (AvgIpc) is 2.94. The Morgan fingerprint density at radius 2 is 2.21 bits per heavy atom. The van der Waals surface area contributed by atoms with Gasteiger partial charge in [0.1, 0.15) is 5.54 Å². The molecule has 0 aliphatic carbocycles. The van der Waals surface area contributed by atoms with Crippen LogP contribution in [0.25, 0.3) is 0 Å². The van der Waals surface area contributed by atoms with E-state index in [0.717, 1.165) is 25.0 Å². The van der Waals surface area contributed by atoms with Gasteiger partial charge < -0.3 is 10.5 Å². The quantitative estimate of drug-likeness (QED) is 0.817. The van der Waals surface area contributed by atoms with E-state index in [1.54, 1.807) is 0 Å². The first kappa shape index (κ1) is 14.0. The average molecular weight is 262 g/mol. The lowest BCUT2D eigenvalue weighted by Crippen LogP contribution is -2.54. The van der Waals surface area contributed by atoms with Crippen LogP contribution in [-0.2, 0) is 15.1 Å². The van der Waals surface area contributed by atoms with Gasteiger partial charge in [-0.25, -0.2) is 0 Å². The predicted molar refractivity (Wildman–Crippen MR) is 74.6 cm³/mol. The standard InChI is InChI=1S/C15H22N2O2/c1-2-15(14(16)18,12-7-4-3-5-8-12)17-11-13-9-6-10-19-13/h3-5,7-8,13,17H,2,6,9-11H2,1H3,(H2,16,18). The molecule has 4 heteroatoms. The molecule has 3 N–H and O–H groups in total. The van der Waals surface area contributed by atoms with Crippen LogP contribution in [-0.4, -0.2) is 25.2 Å². The topological polar surface area (TPSA) is 64.3 Å². The van der Waals surface area contributed by atoms with E-state index in [1.165, 1.54) is 0 Å². The lowest BCUT2D eigenvalue weighted by Gasteiger charge is -2.32. The third-order valence-electron chi connectivity index (χ3n) is 3.87. The second-order valence-corrected chi connectivity index (χ2v) is 5.01. The first-order valence-corrected chi connectivity index (χ1v) is 6.91. The number of carbonyl (C=O) groups excluding carboxylic acids is 1. The second kappa shape index (κ2) is 6.17. The van der Waals surface area contributed by atoms with Crippen LogP contribution in [0.1, 0.15) is 31.7 Å². The molecule has 2 atom stereocenters. The molecule has 2 rings (SSSR count). The molecule has 2 unspecified atom stereocenters. The largest absolute Gasteiger partial charge is 0.377 e. The molecule has 1 fully saturated rings. The van der Waals surface area contributed by atoms with Crippen molar-refractivity contribution in [3.63, 3.8) is 0 Å². The fourth-order valence-electron chi connectivity index (χ4n) is 2.65. The third-order valence-corrected chi connectivity index (χ3v) is 3.87. The van der Waals surface area contributed by atoms with E-state index in [2.05, 4.69) is 5.32 Å². The molecule has 0 bridgehead atoms. The third kappa shape index (κ3) is 2.96. The van der Waals surface area contributed by atoms with Crippen molar-refractivity contribution in [2.24, 2.45) is 5.73 Å². The van der Waals surface area contributed by atoms with Crippen LogP contribution in [0.4, 0.5) is 0 Å². The van der Waals surface area contributed by atoms with Gasteiger partial charge in [0.15, 0.2) is 0 Å². The molecular formula is C15H22N2O2. The predicted octanol–water partition coefficient (Wildman–Crippen LogP) is 1.55. The van der Waals surface area contributed by atoms with E-state index < -0.39 is 5.54 Å². The number of benzene rings is 1. The summed E-state index contributed by atoms with van der Waals surface area (Å²) in [5, 5.41) is 3.34. The van der Waals surface area contributed by atoms with Crippen LogP contribution in [0.15, 0.2) is 30.3 Å². The van der Waals surface area contributed by atoms with Gasteiger partial charge >= 0.3 is 0 Å². The van der Waals surface area contributed by atoms with Crippen molar-refractivity contribution in [3.8, 4) is 0 Å². The van der Waals surface area contributed by atoms with Crippen molar-refractivity contribution in [2.45, 2.75) is 37.8 Å². The summed E-state index contributed by atoms with van der Waals surface area (Å²) in [6.45, 7) is 3.44. The van der Waals surface area contributed by atoms with E-state index in [0.29, 0.717) is 13.0 Å². The Balaban J connectivity index is 2.16. The van der Waals surface area contributed by atoms with Crippen molar-refractivity contribution < 1.29 is 9.53 Å². The Kier molecular flexibility index (Phi) is 4.56. The summed E-state index contributed by atoms with van der Waals surface area (Å²) in [5.41, 5.74) is 5.78. The summed E-state index contributed by atoms with van der Waals surface area (Å²) in [4.78, 5) is 12.0. The lowest BCUT2D eigenvalue weighted by atomic mass is 9.86. The number of ether oxygens (including phenoxy) is 1. The van der Waals surface area contributed by atoms with E-state index >= 15 is 0 Å². The van der Waals surface area contributed by atoms with Crippen LogP contribution >= 0.6 is 0 Å². The fraction of sp³-hybridized carbons (Fsp3) is 0.533. The molecule has 1 heterocycles. The number of carbonyl (C=O) groups is 1. The maximum atomic E-state index is 12.0. The van der Waals surface area contributed by atoms with Gasteiger partial charge in [0.2, 0.25) is 5.91 Å². The van der Waals surface area contributed by atoms with Gasteiger partial charge in [0.05, 0.1) is 6.10 Å². The Hall–Kier alpha value is -1.39. The molecule has 104 valence electrons. The van der Waals surface area contributed by atoms with Crippen molar-refractivity contribution >= 4 is 5.91 Å². The number of primary amides is 1. The Morgan fingerprint density at radius 3 is 2.74 bits per heavy atom. The number of hydrogen-bond acceptors (Lipinski definition) is 3. The first-order chi connectivity index (χ1) is 9.19. The molecule has 0 saturated carbocycles. The van der Waals surface area contributed by atoms with Gasteiger partial charge in [-0.15, -0.1) is 0 Å². The smallest absolute Gasteiger partial charge is 0.242 e. The fourth-order valence-corrected chi connectivity index (χ4v) is 2.65. The summed E-state index contributed by atoms with van der Waals surface area (Å²) < 4.78 is 5.59. The molecule has 0 aromatic heterocycles. The van der Waals surface area contributed by atoms with Crippen molar-refractivity contribution in [2.75, 3.05) is 13.2 Å². The lowest BCUT2D eigenvalue weighted by molar-refractivity contribution is -0.125. The number of rotatable bonds is 6. The van der Waals surface area contributed by atoms with Gasteiger partial charge in [-0.05, 0) is 24.8 Å². The molecule has 0 spiro atoms. The Morgan fingerprint density at radius 1 is 1.47 bits per heavy atom. The van der Waals surface area contributed by atoms with Gasteiger partial charge in [-0.3, -0.25) is 10.1 Å². The van der Waals surface area contributed by atoms with E-state index in [4.69, 9.17) is 10.5 Å². The van der Waals surface area contributed by atoms with Gasteiger partial charge in [-0.1, -0.05) is 37.3 Å². The van der Waals surface area contributed by atoms with Crippen LogP contribution in [0.3, 0.4) is 0 Å². The summed E-state index contributed by atoms with van der Waals surface area (Å²) in [7, 11) is 0. The molecule has 1 aromatic carbocycles. The van der Waals surface area contributed by atoms with Crippen molar-refractivity contribution in [1.29, 1.82) is 0 Å². The molecule has 0 radical (unpaired) electrons. The molecule has 1 aliphatic rings. The van der Waals surface area contributed by atoms with Crippen molar-refractivity contribution in [3.05, 3.63) is 35.9 Å². The van der Waals surface area contributed by atoms with Crippen LogP contribution < -0.4 is 11.1 Å². The maximum Gasteiger partial charge on any atom is 0.242 e. The van der Waals surface area contributed by atoms with Crippen molar-refractivity contribution in [1.82, 2.24) is 5.32 Å². The summed E-state index contributed by atoms with van der Waals surface area (Å²) >= 11 is 0.